The Kier molecular flexibility index (Phi) is 5.64. The van der Waals surface area contributed by atoms with E-state index in [9.17, 15) is 4.79 Å². The lowest BCUT2D eigenvalue weighted by atomic mass is 10.1. The standard InChI is InChI=1S/C21H25N3O3/c1-13-9-14(2)21(15(3)10-13)22-12-20(25)24-23-16(4)17-5-6-18-19(11-17)27-8-7-26-18/h5-6,9-11,22H,7-8,12H2,1-4H3,(H,24,25)/b23-16-. The molecule has 142 valence electrons. The molecule has 0 radical (unpaired) electrons. The van der Waals surface area contributed by atoms with Crippen LogP contribution in [0.5, 0.6) is 11.5 Å². The molecule has 0 spiro atoms. The number of nitrogens with zero attached hydrogens (tertiary/aromatic N) is 1. The maximum absolute atomic E-state index is 12.1. The highest BCUT2D eigenvalue weighted by molar-refractivity contribution is 6.00. The summed E-state index contributed by atoms with van der Waals surface area (Å²) in [5.74, 6) is 1.23. The first-order valence-electron chi connectivity index (χ1n) is 8.99. The van der Waals surface area contributed by atoms with Gasteiger partial charge < -0.3 is 14.8 Å². The van der Waals surface area contributed by atoms with Crippen molar-refractivity contribution in [1.82, 2.24) is 5.43 Å². The minimum absolute atomic E-state index is 0.155. The number of hydrazone groups is 1. The van der Waals surface area contributed by atoms with Gasteiger partial charge in [0.2, 0.25) is 0 Å². The lowest BCUT2D eigenvalue weighted by molar-refractivity contribution is -0.119. The Morgan fingerprint density at radius 2 is 1.70 bits per heavy atom. The van der Waals surface area contributed by atoms with E-state index in [4.69, 9.17) is 9.47 Å². The van der Waals surface area contributed by atoms with Gasteiger partial charge in [-0.05, 0) is 57.0 Å². The zero-order valence-corrected chi connectivity index (χ0v) is 16.2. The molecular weight excluding hydrogens is 342 g/mol. The zero-order chi connectivity index (χ0) is 19.4. The summed E-state index contributed by atoms with van der Waals surface area (Å²) < 4.78 is 11.1. The fraction of sp³-hybridized carbons (Fsp3) is 0.333. The molecule has 2 aromatic rings. The number of benzene rings is 2. The van der Waals surface area contributed by atoms with Crippen LogP contribution in [0.3, 0.4) is 0 Å². The van der Waals surface area contributed by atoms with Crippen molar-refractivity contribution < 1.29 is 14.3 Å². The predicted molar refractivity (Wildman–Crippen MR) is 107 cm³/mol. The second-order valence-electron chi connectivity index (χ2n) is 6.72. The van der Waals surface area contributed by atoms with E-state index >= 15 is 0 Å². The van der Waals surface area contributed by atoms with Crippen LogP contribution in [0.15, 0.2) is 35.4 Å². The number of hydrogen-bond acceptors (Lipinski definition) is 5. The molecule has 2 N–H and O–H groups in total. The molecule has 0 aliphatic carbocycles. The summed E-state index contributed by atoms with van der Waals surface area (Å²) in [5.41, 5.74) is 8.61. The summed E-state index contributed by atoms with van der Waals surface area (Å²) in [5, 5.41) is 7.39. The van der Waals surface area contributed by atoms with E-state index in [2.05, 4.69) is 34.9 Å². The first kappa shape index (κ1) is 18.8. The fourth-order valence-electron chi connectivity index (χ4n) is 3.15. The number of nitrogens with one attached hydrogen (secondary N) is 2. The van der Waals surface area contributed by atoms with Gasteiger partial charge in [0.15, 0.2) is 11.5 Å². The number of anilines is 1. The van der Waals surface area contributed by atoms with Gasteiger partial charge in [-0.2, -0.15) is 5.10 Å². The average Bonchev–Trinajstić information content (AvgIpc) is 2.64. The number of hydrogen-bond donors (Lipinski definition) is 2. The molecule has 0 bridgehead atoms. The maximum atomic E-state index is 12.1. The molecule has 0 saturated heterocycles. The summed E-state index contributed by atoms with van der Waals surface area (Å²) in [7, 11) is 0. The van der Waals surface area contributed by atoms with Gasteiger partial charge in [-0.3, -0.25) is 4.79 Å². The molecule has 6 heteroatoms. The van der Waals surface area contributed by atoms with E-state index in [1.54, 1.807) is 0 Å². The highest BCUT2D eigenvalue weighted by Crippen LogP contribution is 2.30. The summed E-state index contributed by atoms with van der Waals surface area (Å²) >= 11 is 0. The predicted octanol–water partition coefficient (Wildman–Crippen LogP) is 3.34. The monoisotopic (exact) mass is 367 g/mol. The molecule has 6 nitrogen and oxygen atoms in total. The smallest absolute Gasteiger partial charge is 0.259 e. The van der Waals surface area contributed by atoms with Crippen LogP contribution in [0.1, 0.15) is 29.2 Å². The summed E-state index contributed by atoms with van der Waals surface area (Å²) in [4.78, 5) is 12.1. The third-order valence-corrected chi connectivity index (χ3v) is 4.41. The van der Waals surface area contributed by atoms with Crippen LogP contribution in [0, 0.1) is 20.8 Å². The van der Waals surface area contributed by atoms with Crippen LogP contribution in [-0.2, 0) is 4.79 Å². The molecule has 27 heavy (non-hydrogen) atoms. The molecule has 0 fully saturated rings. The molecule has 0 saturated carbocycles. The highest BCUT2D eigenvalue weighted by Gasteiger charge is 2.13. The minimum atomic E-state index is -0.203. The molecule has 3 rings (SSSR count). The zero-order valence-electron chi connectivity index (χ0n) is 16.2. The van der Waals surface area contributed by atoms with E-state index < -0.39 is 0 Å². The first-order chi connectivity index (χ1) is 12.9. The Balaban J connectivity index is 1.60. The van der Waals surface area contributed by atoms with Crippen molar-refractivity contribution in [2.75, 3.05) is 25.1 Å². The molecule has 1 heterocycles. The van der Waals surface area contributed by atoms with Crippen molar-refractivity contribution in [3.8, 4) is 11.5 Å². The van der Waals surface area contributed by atoms with Gasteiger partial charge in [-0.25, -0.2) is 5.43 Å². The van der Waals surface area contributed by atoms with Crippen LogP contribution in [0.2, 0.25) is 0 Å². The number of carbonyl (C=O) groups excluding carboxylic acids is 1. The van der Waals surface area contributed by atoms with Crippen molar-refractivity contribution in [1.29, 1.82) is 0 Å². The van der Waals surface area contributed by atoms with E-state index in [1.807, 2.05) is 39.0 Å². The van der Waals surface area contributed by atoms with Crippen LogP contribution >= 0.6 is 0 Å². The van der Waals surface area contributed by atoms with E-state index in [0.29, 0.717) is 24.7 Å². The van der Waals surface area contributed by atoms with Crippen LogP contribution in [0.25, 0.3) is 0 Å². The molecule has 1 amide bonds. The summed E-state index contributed by atoms with van der Waals surface area (Å²) in [6, 6.07) is 9.82. The third-order valence-electron chi connectivity index (χ3n) is 4.41. The van der Waals surface area contributed by atoms with Crippen LogP contribution in [-0.4, -0.2) is 31.4 Å². The Labute approximate surface area is 159 Å². The van der Waals surface area contributed by atoms with Crippen LogP contribution in [0.4, 0.5) is 5.69 Å². The van der Waals surface area contributed by atoms with Gasteiger partial charge in [-0.15, -0.1) is 0 Å². The van der Waals surface area contributed by atoms with Crippen molar-refractivity contribution in [2.24, 2.45) is 5.10 Å². The van der Waals surface area contributed by atoms with Gasteiger partial charge >= 0.3 is 0 Å². The molecule has 2 aromatic carbocycles. The maximum Gasteiger partial charge on any atom is 0.259 e. The first-order valence-corrected chi connectivity index (χ1v) is 8.99. The molecule has 1 aliphatic rings. The topological polar surface area (TPSA) is 72.0 Å². The molecule has 0 atom stereocenters. The summed E-state index contributed by atoms with van der Waals surface area (Å²) in [6.07, 6.45) is 0. The van der Waals surface area contributed by atoms with Crippen molar-refractivity contribution in [3.05, 3.63) is 52.6 Å². The SMILES string of the molecule is C/C(=N/NC(=O)CNc1c(C)cc(C)cc1C)c1ccc2c(c1)OCCO2. The Morgan fingerprint density at radius 1 is 1.04 bits per heavy atom. The third kappa shape index (κ3) is 4.58. The fourth-order valence-corrected chi connectivity index (χ4v) is 3.15. The number of aryl methyl sites for hydroxylation is 3. The average molecular weight is 367 g/mol. The lowest BCUT2D eigenvalue weighted by Crippen LogP contribution is -2.27. The summed E-state index contributed by atoms with van der Waals surface area (Å²) in [6.45, 7) is 9.21. The number of ether oxygens (including phenoxy) is 2. The lowest BCUT2D eigenvalue weighted by Gasteiger charge is -2.18. The molecule has 0 unspecified atom stereocenters. The highest BCUT2D eigenvalue weighted by atomic mass is 16.6. The Morgan fingerprint density at radius 3 is 2.41 bits per heavy atom. The largest absolute Gasteiger partial charge is 0.486 e. The van der Waals surface area contributed by atoms with Gasteiger partial charge in [0, 0.05) is 11.3 Å². The quantitative estimate of drug-likeness (QED) is 0.628. The van der Waals surface area contributed by atoms with Crippen LogP contribution < -0.4 is 20.2 Å². The molecule has 0 aromatic heterocycles. The van der Waals surface area contributed by atoms with Crippen molar-refractivity contribution >= 4 is 17.3 Å². The molecular formula is C21H25N3O3. The van der Waals surface area contributed by atoms with E-state index in [-0.39, 0.29) is 12.5 Å². The Bertz CT molecular complexity index is 867. The van der Waals surface area contributed by atoms with Gasteiger partial charge in [0.25, 0.3) is 5.91 Å². The normalized spacial score (nSPS) is 13.3. The number of rotatable bonds is 5. The number of amides is 1. The number of carbonyl (C=O) groups is 1. The molecule has 1 aliphatic heterocycles. The number of fused-ring (bicyclic) bond motifs is 1. The van der Waals surface area contributed by atoms with E-state index in [1.165, 1.54) is 5.56 Å². The van der Waals surface area contributed by atoms with Crippen molar-refractivity contribution in [2.45, 2.75) is 27.7 Å². The van der Waals surface area contributed by atoms with Gasteiger partial charge in [0.05, 0.1) is 12.3 Å². The van der Waals surface area contributed by atoms with E-state index in [0.717, 1.165) is 28.1 Å². The second-order valence-corrected chi connectivity index (χ2v) is 6.72. The van der Waals surface area contributed by atoms with Crippen molar-refractivity contribution in [3.63, 3.8) is 0 Å². The van der Waals surface area contributed by atoms with Gasteiger partial charge in [-0.1, -0.05) is 17.7 Å². The Hall–Kier alpha value is -3.02. The van der Waals surface area contributed by atoms with Gasteiger partial charge in [0.1, 0.15) is 13.2 Å². The second kappa shape index (κ2) is 8.12. The minimum Gasteiger partial charge on any atom is -0.486 e.